The van der Waals surface area contributed by atoms with Gasteiger partial charge in [0, 0.05) is 36.1 Å². The molecule has 0 rings (SSSR count). The fourth-order valence-electron chi connectivity index (χ4n) is 1.08. The van der Waals surface area contributed by atoms with Gasteiger partial charge < -0.3 is 13.0 Å². The van der Waals surface area contributed by atoms with E-state index >= 15 is 0 Å². The van der Waals surface area contributed by atoms with Crippen LogP contribution in [0.2, 0.25) is 26.2 Å². The van der Waals surface area contributed by atoms with Crippen LogP contribution >= 0.6 is 0 Å². The van der Waals surface area contributed by atoms with Crippen molar-refractivity contribution < 1.29 is 13.0 Å². The maximum Gasteiger partial charge on any atom is 0.487 e. The number of hydrogen-bond donors (Lipinski definition) is 0. The van der Waals surface area contributed by atoms with Crippen LogP contribution in [-0.2, 0) is 13.0 Å². The van der Waals surface area contributed by atoms with E-state index in [9.17, 15) is 0 Å². The Kier molecular flexibility index (Phi) is 10.6. The van der Waals surface area contributed by atoms with E-state index in [2.05, 4.69) is 32.8 Å². The molecule has 0 bridgehead atoms. The quantitative estimate of drug-likeness (QED) is 0.500. The zero-order valence-electron chi connectivity index (χ0n) is 11.2. The summed E-state index contributed by atoms with van der Waals surface area (Å²) in [6, 6.07) is 0. The van der Waals surface area contributed by atoms with Crippen molar-refractivity contribution in [3.63, 3.8) is 0 Å². The van der Waals surface area contributed by atoms with Gasteiger partial charge in [0.25, 0.3) is 0 Å². The van der Waals surface area contributed by atoms with Crippen LogP contribution in [0.3, 0.4) is 0 Å². The van der Waals surface area contributed by atoms with Gasteiger partial charge in [-0.15, -0.1) is 13.2 Å². The Morgan fingerprint density at radius 1 is 0.938 bits per heavy atom. The molecule has 0 aliphatic carbocycles. The zero-order chi connectivity index (χ0) is 11.9. The summed E-state index contributed by atoms with van der Waals surface area (Å²) < 4.78 is 17.2. The van der Waals surface area contributed by atoms with Gasteiger partial charge in [-0.25, -0.2) is 0 Å². The van der Waals surface area contributed by atoms with Gasteiger partial charge in [-0.1, -0.05) is 12.2 Å². The smallest absolute Gasteiger partial charge is 0.416 e. The van der Waals surface area contributed by atoms with Crippen LogP contribution in [-0.4, -0.2) is 59.9 Å². The van der Waals surface area contributed by atoms with Crippen molar-refractivity contribution in [2.45, 2.75) is 26.2 Å². The van der Waals surface area contributed by atoms with Gasteiger partial charge in [0.05, 0.1) is 13.2 Å². The predicted octanol–water partition coefficient (Wildman–Crippen LogP) is 2.43. The van der Waals surface area contributed by atoms with E-state index in [1.807, 2.05) is 6.55 Å². The van der Waals surface area contributed by atoms with Gasteiger partial charge in [-0.2, -0.15) is 0 Å². The SMILES string of the molecule is C=CCO[Si](C)(OCC=C)O[Si](C)(C)C.[Na]. The average molecular weight is 269 g/mol. The first-order valence-corrected chi connectivity index (χ1v) is 10.7. The van der Waals surface area contributed by atoms with Crippen LogP contribution in [0, 0.1) is 0 Å². The molecule has 0 atom stereocenters. The molecule has 0 aliphatic rings. The third-order valence-corrected chi connectivity index (χ3v) is 6.73. The second kappa shape index (κ2) is 8.82. The zero-order valence-corrected chi connectivity index (χ0v) is 15.2. The Hall–Kier alpha value is 0.794. The van der Waals surface area contributed by atoms with Gasteiger partial charge in [0.1, 0.15) is 0 Å². The molecular weight excluding hydrogens is 247 g/mol. The fourth-order valence-corrected chi connectivity index (χ4v) is 6.92. The van der Waals surface area contributed by atoms with Crippen LogP contribution < -0.4 is 0 Å². The van der Waals surface area contributed by atoms with Gasteiger partial charge >= 0.3 is 8.80 Å². The molecule has 0 spiro atoms. The van der Waals surface area contributed by atoms with Crippen LogP contribution in [0.5, 0.6) is 0 Å². The molecule has 89 valence electrons. The Morgan fingerprint density at radius 2 is 1.31 bits per heavy atom. The maximum atomic E-state index is 5.97. The molecule has 0 aromatic heterocycles. The molecule has 0 aliphatic heterocycles. The topological polar surface area (TPSA) is 27.7 Å². The molecule has 0 saturated carbocycles. The van der Waals surface area contributed by atoms with E-state index in [4.69, 9.17) is 13.0 Å². The summed E-state index contributed by atoms with van der Waals surface area (Å²) >= 11 is 0. The number of hydrogen-bond acceptors (Lipinski definition) is 3. The molecule has 0 N–H and O–H groups in total. The second-order valence-corrected chi connectivity index (χ2v) is 11.6. The van der Waals surface area contributed by atoms with Crippen molar-refractivity contribution in [1.29, 1.82) is 0 Å². The van der Waals surface area contributed by atoms with Crippen molar-refractivity contribution in [2.24, 2.45) is 0 Å². The molecule has 0 unspecified atom stereocenters. The molecule has 16 heavy (non-hydrogen) atoms. The maximum absolute atomic E-state index is 5.97. The van der Waals surface area contributed by atoms with Crippen LogP contribution in [0.1, 0.15) is 0 Å². The normalized spacial score (nSPS) is 11.8. The third-order valence-electron chi connectivity index (χ3n) is 1.42. The van der Waals surface area contributed by atoms with Crippen LogP contribution in [0.25, 0.3) is 0 Å². The van der Waals surface area contributed by atoms with E-state index in [0.717, 1.165) is 0 Å². The van der Waals surface area contributed by atoms with Crippen LogP contribution in [0.15, 0.2) is 25.3 Å². The third kappa shape index (κ3) is 9.98. The molecule has 0 amide bonds. The number of rotatable bonds is 8. The van der Waals surface area contributed by atoms with Crippen molar-refractivity contribution in [2.75, 3.05) is 13.2 Å². The van der Waals surface area contributed by atoms with E-state index in [0.29, 0.717) is 13.2 Å². The Labute approximate surface area is 124 Å². The summed E-state index contributed by atoms with van der Waals surface area (Å²) in [6.45, 7) is 16.4. The standard InChI is InChI=1S/C10H22O3Si2.Na/c1-7-9-11-15(6,12-10-8-2)13-14(3,4)5;/h7-8H,1-2,9-10H2,3-6H3;. The van der Waals surface area contributed by atoms with Crippen molar-refractivity contribution in [3.05, 3.63) is 25.3 Å². The Balaban J connectivity index is 0. The minimum Gasteiger partial charge on any atom is -0.416 e. The van der Waals surface area contributed by atoms with Gasteiger partial charge in [0.15, 0.2) is 8.32 Å². The Bertz CT molecular complexity index is 205. The molecule has 0 fully saturated rings. The molecule has 0 aromatic carbocycles. The first-order valence-electron chi connectivity index (χ1n) is 5.03. The monoisotopic (exact) mass is 269 g/mol. The molecular formula is C10H22NaO3Si2. The van der Waals surface area contributed by atoms with Gasteiger partial charge in [-0.05, 0) is 19.6 Å². The molecule has 0 saturated heterocycles. The van der Waals surface area contributed by atoms with E-state index < -0.39 is 17.1 Å². The summed E-state index contributed by atoms with van der Waals surface area (Å²) in [6.07, 6.45) is 3.41. The summed E-state index contributed by atoms with van der Waals surface area (Å²) in [7, 11) is -4.16. The van der Waals surface area contributed by atoms with Crippen molar-refractivity contribution in [1.82, 2.24) is 0 Å². The van der Waals surface area contributed by atoms with Crippen LogP contribution in [0.4, 0.5) is 0 Å². The largest absolute Gasteiger partial charge is 0.487 e. The summed E-state index contributed by atoms with van der Waals surface area (Å²) in [4.78, 5) is 0. The molecule has 1 radical (unpaired) electrons. The second-order valence-electron chi connectivity index (χ2n) is 4.28. The molecule has 0 aromatic rings. The van der Waals surface area contributed by atoms with E-state index in [1.165, 1.54) is 0 Å². The van der Waals surface area contributed by atoms with Gasteiger partial charge in [0.2, 0.25) is 0 Å². The summed E-state index contributed by atoms with van der Waals surface area (Å²) in [5, 5.41) is 0. The molecule has 6 heteroatoms. The first kappa shape index (κ1) is 19.1. The minimum absolute atomic E-state index is 0. The first-order chi connectivity index (χ1) is 6.83. The average Bonchev–Trinajstić information content (AvgIpc) is 2.09. The summed E-state index contributed by atoms with van der Waals surface area (Å²) in [5.74, 6) is 0. The minimum atomic E-state index is -2.51. The molecule has 0 heterocycles. The summed E-state index contributed by atoms with van der Waals surface area (Å²) in [5.41, 5.74) is 0. The Morgan fingerprint density at radius 3 is 1.56 bits per heavy atom. The van der Waals surface area contributed by atoms with Crippen molar-refractivity contribution in [3.8, 4) is 0 Å². The van der Waals surface area contributed by atoms with E-state index in [-0.39, 0.29) is 29.6 Å². The van der Waals surface area contributed by atoms with Crippen molar-refractivity contribution >= 4 is 46.7 Å². The van der Waals surface area contributed by atoms with E-state index in [1.54, 1.807) is 12.2 Å². The predicted molar refractivity (Wildman–Crippen MR) is 74.1 cm³/mol. The fraction of sp³-hybridized carbons (Fsp3) is 0.600. The van der Waals surface area contributed by atoms with Gasteiger partial charge in [-0.3, -0.25) is 0 Å². The molecule has 3 nitrogen and oxygen atoms in total.